The Morgan fingerprint density at radius 2 is 0.977 bits per heavy atom. The number of fused-ring (bicyclic) bond motifs is 7. The van der Waals surface area contributed by atoms with Gasteiger partial charge < -0.3 is 4.57 Å². The normalized spacial score (nSPS) is 13.2. The Bertz CT molecular complexity index is 2260. The van der Waals surface area contributed by atoms with Gasteiger partial charge in [-0.2, -0.15) is 0 Å². The molecule has 0 aliphatic heterocycles. The predicted octanol–water partition coefficient (Wildman–Crippen LogP) is 10.8. The van der Waals surface area contributed by atoms with Crippen molar-refractivity contribution in [2.75, 3.05) is 0 Å². The van der Waals surface area contributed by atoms with Crippen molar-refractivity contribution in [1.82, 2.24) is 4.57 Å². The molecule has 1 heteroatoms. The van der Waals surface area contributed by atoms with Crippen LogP contribution in [0.3, 0.4) is 0 Å². The predicted molar refractivity (Wildman–Crippen MR) is 184 cm³/mol. The molecule has 1 aliphatic carbocycles. The van der Waals surface area contributed by atoms with E-state index in [1.807, 2.05) is 0 Å². The molecule has 0 spiro atoms. The molecule has 206 valence electrons. The molecule has 1 aliphatic rings. The van der Waals surface area contributed by atoms with E-state index in [9.17, 15) is 0 Å². The van der Waals surface area contributed by atoms with Crippen LogP contribution < -0.4 is 0 Å². The van der Waals surface area contributed by atoms with E-state index in [0.29, 0.717) is 0 Å². The van der Waals surface area contributed by atoms with Crippen LogP contribution in [-0.4, -0.2) is 4.57 Å². The first kappa shape index (κ1) is 24.9. The van der Waals surface area contributed by atoms with Crippen LogP contribution in [0.5, 0.6) is 0 Å². The van der Waals surface area contributed by atoms with Crippen molar-refractivity contribution in [3.8, 4) is 27.9 Å². The highest BCUT2D eigenvalue weighted by molar-refractivity contribution is 6.22. The molecule has 0 atom stereocenters. The van der Waals surface area contributed by atoms with Crippen molar-refractivity contribution in [2.24, 2.45) is 0 Å². The van der Waals surface area contributed by atoms with E-state index in [2.05, 4.69) is 180 Å². The number of nitrogens with zero attached hydrogens (tertiary/aromatic N) is 1. The zero-order chi connectivity index (χ0) is 29.1. The summed E-state index contributed by atoms with van der Waals surface area (Å²) < 4.78 is 2.47. The van der Waals surface area contributed by atoms with Crippen LogP contribution in [0.15, 0.2) is 176 Å². The largest absolute Gasteiger partial charge is 0.309 e. The lowest BCUT2D eigenvalue weighted by Gasteiger charge is -2.34. The number of rotatable bonds is 4. The fourth-order valence-corrected chi connectivity index (χ4v) is 7.76. The third kappa shape index (κ3) is 3.35. The van der Waals surface area contributed by atoms with Gasteiger partial charge in [0.25, 0.3) is 0 Å². The Hall–Kier alpha value is -5.66. The molecule has 0 saturated carbocycles. The van der Waals surface area contributed by atoms with Crippen LogP contribution in [0, 0.1) is 0 Å². The van der Waals surface area contributed by atoms with Crippen molar-refractivity contribution in [3.63, 3.8) is 0 Å². The number of hydrogen-bond donors (Lipinski definition) is 0. The molecular weight excluding hydrogens is 530 g/mol. The zero-order valence-electron chi connectivity index (χ0n) is 24.2. The van der Waals surface area contributed by atoms with E-state index in [-0.39, 0.29) is 0 Å². The molecule has 1 nitrogen and oxygen atoms in total. The monoisotopic (exact) mass is 559 g/mol. The summed E-state index contributed by atoms with van der Waals surface area (Å²) in [5.41, 5.74) is 13.5. The van der Waals surface area contributed by atoms with E-state index in [1.165, 1.54) is 72.0 Å². The average molecular weight is 560 g/mol. The summed E-state index contributed by atoms with van der Waals surface area (Å²) >= 11 is 0. The minimum Gasteiger partial charge on any atom is -0.309 e. The van der Waals surface area contributed by atoms with E-state index in [4.69, 9.17) is 0 Å². The Kier molecular flexibility index (Phi) is 5.48. The van der Waals surface area contributed by atoms with Crippen molar-refractivity contribution >= 4 is 21.8 Å². The van der Waals surface area contributed by atoms with Gasteiger partial charge in [-0.1, -0.05) is 152 Å². The third-order valence-corrected chi connectivity index (χ3v) is 9.46. The highest BCUT2D eigenvalue weighted by atomic mass is 15.0. The molecule has 0 radical (unpaired) electrons. The van der Waals surface area contributed by atoms with Crippen LogP contribution in [0.25, 0.3) is 49.7 Å². The van der Waals surface area contributed by atoms with Crippen LogP contribution in [0.2, 0.25) is 0 Å². The molecule has 44 heavy (non-hydrogen) atoms. The molecule has 0 N–H and O–H groups in total. The second kappa shape index (κ2) is 9.69. The molecule has 9 rings (SSSR count). The van der Waals surface area contributed by atoms with Gasteiger partial charge in [-0.05, 0) is 63.2 Å². The van der Waals surface area contributed by atoms with Gasteiger partial charge in [0.15, 0.2) is 0 Å². The van der Waals surface area contributed by atoms with E-state index in [1.54, 1.807) is 0 Å². The minimum absolute atomic E-state index is 0.470. The molecule has 8 aromatic rings. The molecule has 0 amide bonds. The Balaban J connectivity index is 1.57. The summed E-state index contributed by atoms with van der Waals surface area (Å²) in [4.78, 5) is 0. The highest BCUT2D eigenvalue weighted by Gasteiger charge is 2.47. The van der Waals surface area contributed by atoms with E-state index < -0.39 is 5.41 Å². The first-order chi connectivity index (χ1) is 21.9. The Labute approximate surface area is 257 Å². The van der Waals surface area contributed by atoms with Crippen LogP contribution in [0.4, 0.5) is 0 Å². The second-order valence-electron chi connectivity index (χ2n) is 11.7. The lowest BCUT2D eigenvalue weighted by molar-refractivity contribution is 0.769. The summed E-state index contributed by atoms with van der Waals surface area (Å²) in [5, 5.41) is 2.58. The minimum atomic E-state index is -0.470. The van der Waals surface area contributed by atoms with Crippen molar-refractivity contribution < 1.29 is 0 Å². The molecule has 0 unspecified atom stereocenters. The van der Waals surface area contributed by atoms with Crippen LogP contribution >= 0.6 is 0 Å². The molecular formula is C43H29N. The molecule has 0 fully saturated rings. The van der Waals surface area contributed by atoms with Crippen molar-refractivity contribution in [2.45, 2.75) is 5.41 Å². The van der Waals surface area contributed by atoms with Gasteiger partial charge in [0.2, 0.25) is 0 Å². The standard InChI is InChI=1S/C43H29N/c1-5-17-30(18-6-1)36-29-38-40(41-35-26-14-16-28-39(35)44(42(36)41)33-23-11-4-12-24-33)34-25-13-15-27-37(34)43(38,31-19-7-2-8-20-31)32-21-9-3-10-22-32/h1-29H. The van der Waals surface area contributed by atoms with Crippen molar-refractivity contribution in [1.29, 1.82) is 0 Å². The summed E-state index contributed by atoms with van der Waals surface area (Å²) in [6.45, 7) is 0. The number of para-hydroxylation sites is 2. The Morgan fingerprint density at radius 3 is 1.66 bits per heavy atom. The maximum Gasteiger partial charge on any atom is 0.0714 e. The van der Waals surface area contributed by atoms with Crippen LogP contribution in [-0.2, 0) is 5.41 Å². The number of aromatic nitrogens is 1. The Morgan fingerprint density at radius 1 is 0.432 bits per heavy atom. The molecule has 0 saturated heterocycles. The summed E-state index contributed by atoms with van der Waals surface area (Å²) in [6.07, 6.45) is 0. The molecule has 1 aromatic heterocycles. The van der Waals surface area contributed by atoms with Crippen molar-refractivity contribution in [3.05, 3.63) is 198 Å². The topological polar surface area (TPSA) is 4.93 Å². The van der Waals surface area contributed by atoms with Gasteiger partial charge in [0.1, 0.15) is 0 Å². The van der Waals surface area contributed by atoms with Gasteiger partial charge in [-0.15, -0.1) is 0 Å². The van der Waals surface area contributed by atoms with Gasteiger partial charge in [-0.25, -0.2) is 0 Å². The lowest BCUT2D eigenvalue weighted by Crippen LogP contribution is -2.28. The quantitative estimate of drug-likeness (QED) is 0.202. The summed E-state index contributed by atoms with van der Waals surface area (Å²) in [7, 11) is 0. The van der Waals surface area contributed by atoms with E-state index in [0.717, 1.165) is 0 Å². The fourth-order valence-electron chi connectivity index (χ4n) is 7.76. The van der Waals surface area contributed by atoms with Gasteiger partial charge in [-0.3, -0.25) is 0 Å². The first-order valence-corrected chi connectivity index (χ1v) is 15.3. The van der Waals surface area contributed by atoms with Crippen LogP contribution in [0.1, 0.15) is 22.3 Å². The zero-order valence-corrected chi connectivity index (χ0v) is 24.2. The number of benzene rings is 7. The average Bonchev–Trinajstić information content (AvgIpc) is 3.61. The first-order valence-electron chi connectivity index (χ1n) is 15.3. The van der Waals surface area contributed by atoms with Gasteiger partial charge in [0, 0.05) is 22.0 Å². The van der Waals surface area contributed by atoms with Gasteiger partial charge in [0.05, 0.1) is 16.4 Å². The molecule has 7 aromatic carbocycles. The molecule has 0 bridgehead atoms. The maximum atomic E-state index is 2.51. The lowest BCUT2D eigenvalue weighted by atomic mass is 9.67. The molecule has 1 heterocycles. The summed E-state index contributed by atoms with van der Waals surface area (Å²) in [6, 6.07) is 64.4. The fraction of sp³-hybridized carbons (Fsp3) is 0.0233. The smallest absolute Gasteiger partial charge is 0.0714 e. The summed E-state index contributed by atoms with van der Waals surface area (Å²) in [5.74, 6) is 0. The maximum absolute atomic E-state index is 2.51. The number of hydrogen-bond acceptors (Lipinski definition) is 0. The second-order valence-corrected chi connectivity index (χ2v) is 11.7. The SMILES string of the molecule is c1ccc(-c2cc3c(c4c5ccccc5n(-c5ccccc5)c24)-c2ccccc2C3(c2ccccc2)c2ccccc2)cc1. The highest BCUT2D eigenvalue weighted by Crippen LogP contribution is 2.60. The van der Waals surface area contributed by atoms with E-state index >= 15 is 0 Å². The third-order valence-electron chi connectivity index (χ3n) is 9.46. The van der Waals surface area contributed by atoms with Gasteiger partial charge >= 0.3 is 0 Å².